The highest BCUT2D eigenvalue weighted by molar-refractivity contribution is 6.19. The lowest BCUT2D eigenvalue weighted by atomic mass is 9.92. The Morgan fingerprint density at radius 1 is 0.389 bits per heavy atom. The van der Waals surface area contributed by atoms with E-state index in [1.807, 2.05) is 24.3 Å². The van der Waals surface area contributed by atoms with E-state index in [0.717, 1.165) is 88.4 Å². The fraction of sp³-hybridized carbons (Fsp3) is 0. The molecule has 0 bridgehead atoms. The van der Waals surface area contributed by atoms with Gasteiger partial charge in [0.25, 0.3) is 0 Å². The van der Waals surface area contributed by atoms with Crippen molar-refractivity contribution in [1.82, 2.24) is 9.13 Å². The second-order valence-corrected chi connectivity index (χ2v) is 13.6. The van der Waals surface area contributed by atoms with Crippen molar-refractivity contribution in [1.29, 1.82) is 10.5 Å². The van der Waals surface area contributed by atoms with Crippen LogP contribution in [0.1, 0.15) is 11.1 Å². The van der Waals surface area contributed by atoms with Gasteiger partial charge in [0.2, 0.25) is 0 Å². The van der Waals surface area contributed by atoms with Crippen molar-refractivity contribution >= 4 is 43.6 Å². The lowest BCUT2D eigenvalue weighted by Crippen LogP contribution is -2.00. The Morgan fingerprint density at radius 2 is 0.944 bits per heavy atom. The van der Waals surface area contributed by atoms with Crippen LogP contribution in [-0.4, -0.2) is 9.13 Å². The van der Waals surface area contributed by atoms with Crippen molar-refractivity contribution in [2.24, 2.45) is 0 Å². The number of nitrogens with zero attached hydrogens (tertiary/aromatic N) is 4. The van der Waals surface area contributed by atoms with Gasteiger partial charge in [-0.15, -0.1) is 0 Å². The molecular formula is C50H30N4. The molecular weight excluding hydrogens is 657 g/mol. The molecule has 8 aromatic carbocycles. The second kappa shape index (κ2) is 12.5. The van der Waals surface area contributed by atoms with Gasteiger partial charge in [0, 0.05) is 38.4 Å². The molecule has 0 amide bonds. The van der Waals surface area contributed by atoms with Crippen molar-refractivity contribution in [3.05, 3.63) is 193 Å². The average Bonchev–Trinajstić information content (AvgIpc) is 3.76. The molecule has 0 atom stereocenters. The van der Waals surface area contributed by atoms with Crippen LogP contribution < -0.4 is 0 Å². The molecule has 0 unspecified atom stereocenters. The summed E-state index contributed by atoms with van der Waals surface area (Å²) in [5.41, 5.74) is 13.4. The molecule has 0 radical (unpaired) electrons. The van der Waals surface area contributed by atoms with E-state index in [4.69, 9.17) is 0 Å². The fourth-order valence-electron chi connectivity index (χ4n) is 8.18. The molecule has 0 spiro atoms. The summed E-state index contributed by atoms with van der Waals surface area (Å²) < 4.78 is 4.64. The lowest BCUT2D eigenvalue weighted by Gasteiger charge is -2.18. The highest BCUT2D eigenvalue weighted by atomic mass is 15.0. The predicted octanol–water partition coefficient (Wildman–Crippen LogP) is 12.6. The molecule has 250 valence electrons. The minimum Gasteiger partial charge on any atom is -0.309 e. The van der Waals surface area contributed by atoms with Crippen LogP contribution in [0, 0.1) is 22.7 Å². The van der Waals surface area contributed by atoms with Crippen LogP contribution in [0.5, 0.6) is 0 Å². The lowest BCUT2D eigenvalue weighted by molar-refractivity contribution is 1.17. The number of hydrogen-bond donors (Lipinski definition) is 0. The zero-order valence-corrected chi connectivity index (χ0v) is 29.1. The number of aromatic nitrogens is 2. The van der Waals surface area contributed by atoms with Crippen LogP contribution in [0.3, 0.4) is 0 Å². The van der Waals surface area contributed by atoms with Crippen molar-refractivity contribution in [3.8, 4) is 56.9 Å². The Balaban J connectivity index is 1.38. The average molecular weight is 687 g/mol. The number of fused-ring (bicyclic) bond motifs is 6. The smallest absolute Gasteiger partial charge is 0.0998 e. The molecule has 54 heavy (non-hydrogen) atoms. The highest BCUT2D eigenvalue weighted by Crippen LogP contribution is 2.46. The van der Waals surface area contributed by atoms with Crippen LogP contribution in [0.4, 0.5) is 0 Å². The number of rotatable bonds is 5. The first-order valence-corrected chi connectivity index (χ1v) is 18.0. The van der Waals surface area contributed by atoms with Crippen molar-refractivity contribution in [3.63, 3.8) is 0 Å². The van der Waals surface area contributed by atoms with Crippen molar-refractivity contribution in [2.45, 2.75) is 0 Å². The van der Waals surface area contributed by atoms with E-state index in [1.54, 1.807) is 12.1 Å². The van der Waals surface area contributed by atoms with E-state index in [2.05, 4.69) is 167 Å². The summed E-state index contributed by atoms with van der Waals surface area (Å²) in [7, 11) is 0. The number of benzene rings is 8. The summed E-state index contributed by atoms with van der Waals surface area (Å²) in [5, 5.41) is 25.1. The second-order valence-electron chi connectivity index (χ2n) is 13.6. The van der Waals surface area contributed by atoms with Gasteiger partial charge in [-0.3, -0.25) is 0 Å². The van der Waals surface area contributed by atoms with Gasteiger partial charge < -0.3 is 9.13 Å². The zero-order chi connectivity index (χ0) is 36.2. The van der Waals surface area contributed by atoms with Gasteiger partial charge >= 0.3 is 0 Å². The van der Waals surface area contributed by atoms with Crippen LogP contribution in [0.15, 0.2) is 182 Å². The van der Waals surface area contributed by atoms with E-state index < -0.39 is 0 Å². The normalized spacial score (nSPS) is 11.3. The van der Waals surface area contributed by atoms with Crippen LogP contribution >= 0.6 is 0 Å². The van der Waals surface area contributed by atoms with E-state index in [1.165, 1.54) is 0 Å². The van der Waals surface area contributed by atoms with Gasteiger partial charge in [0.1, 0.15) is 0 Å². The summed E-state index contributed by atoms with van der Waals surface area (Å²) in [6.07, 6.45) is 0. The Labute approximate surface area is 312 Å². The van der Waals surface area contributed by atoms with Crippen LogP contribution in [0.2, 0.25) is 0 Å². The molecule has 4 heteroatoms. The van der Waals surface area contributed by atoms with E-state index in [9.17, 15) is 10.5 Å². The minimum absolute atomic E-state index is 0.501. The standard InChI is InChI=1S/C50H30N4/c51-31-33-20-21-38(32-52)41(28-33)50-48(27-26-47-49(50)40-18-10-11-19-44(40)53(47)39-16-8-3-9-17-39)54-45-24-22-36(34-12-4-1-5-13-34)29-42(45)43-30-37(23-25-46(43)54)35-14-6-2-7-15-35/h1-30H. The molecule has 0 N–H and O–H groups in total. The summed E-state index contributed by atoms with van der Waals surface area (Å²) in [6.45, 7) is 0. The van der Waals surface area contributed by atoms with E-state index in [0.29, 0.717) is 11.1 Å². The first kappa shape index (κ1) is 31.1. The van der Waals surface area contributed by atoms with Crippen molar-refractivity contribution < 1.29 is 0 Å². The largest absolute Gasteiger partial charge is 0.309 e. The SMILES string of the molecule is N#Cc1ccc(C#N)c(-c2c(-n3c4ccc(-c5ccccc5)cc4c4cc(-c5ccccc5)ccc43)ccc3c2c2ccccc2n3-c2ccccc2)c1. The van der Waals surface area contributed by atoms with Gasteiger partial charge in [-0.1, -0.05) is 109 Å². The topological polar surface area (TPSA) is 57.4 Å². The zero-order valence-electron chi connectivity index (χ0n) is 29.1. The third kappa shape index (κ3) is 4.83. The molecule has 10 aromatic rings. The van der Waals surface area contributed by atoms with Gasteiger partial charge in [0.15, 0.2) is 0 Å². The molecule has 0 aliphatic heterocycles. The third-order valence-electron chi connectivity index (χ3n) is 10.6. The maximum absolute atomic E-state index is 10.6. The van der Waals surface area contributed by atoms with Crippen LogP contribution in [0.25, 0.3) is 88.4 Å². The van der Waals surface area contributed by atoms with Gasteiger partial charge in [-0.25, -0.2) is 0 Å². The summed E-state index contributed by atoms with van der Waals surface area (Å²) in [6, 6.07) is 67.8. The molecule has 0 aliphatic carbocycles. The molecule has 2 aromatic heterocycles. The molecule has 0 aliphatic rings. The summed E-state index contributed by atoms with van der Waals surface area (Å²) >= 11 is 0. The molecule has 2 heterocycles. The number of para-hydroxylation sites is 2. The van der Waals surface area contributed by atoms with Gasteiger partial charge in [-0.05, 0) is 95.1 Å². The van der Waals surface area contributed by atoms with E-state index >= 15 is 0 Å². The molecule has 0 saturated heterocycles. The molecule has 4 nitrogen and oxygen atoms in total. The minimum atomic E-state index is 0.501. The predicted molar refractivity (Wildman–Crippen MR) is 221 cm³/mol. The quantitative estimate of drug-likeness (QED) is 0.181. The highest BCUT2D eigenvalue weighted by Gasteiger charge is 2.24. The number of hydrogen-bond acceptors (Lipinski definition) is 2. The summed E-state index contributed by atoms with van der Waals surface area (Å²) in [4.78, 5) is 0. The maximum atomic E-state index is 10.6. The number of nitriles is 2. The first-order chi connectivity index (χ1) is 26.7. The van der Waals surface area contributed by atoms with Crippen molar-refractivity contribution in [2.75, 3.05) is 0 Å². The summed E-state index contributed by atoms with van der Waals surface area (Å²) in [5.74, 6) is 0. The molecule has 0 saturated carbocycles. The van der Waals surface area contributed by atoms with Gasteiger partial charge in [0.05, 0.1) is 51.0 Å². The Bertz CT molecular complexity index is 3060. The van der Waals surface area contributed by atoms with Gasteiger partial charge in [-0.2, -0.15) is 10.5 Å². The fourth-order valence-corrected chi connectivity index (χ4v) is 8.18. The van der Waals surface area contributed by atoms with E-state index in [-0.39, 0.29) is 0 Å². The first-order valence-electron chi connectivity index (χ1n) is 18.0. The molecule has 10 rings (SSSR count). The van der Waals surface area contributed by atoms with Crippen LogP contribution in [-0.2, 0) is 0 Å². The Kier molecular flexibility index (Phi) is 7.22. The third-order valence-corrected chi connectivity index (χ3v) is 10.6. The Hall–Kier alpha value is -7.66. The maximum Gasteiger partial charge on any atom is 0.0998 e. The monoisotopic (exact) mass is 686 g/mol. The molecule has 0 fully saturated rings. The Morgan fingerprint density at radius 3 is 1.56 bits per heavy atom.